The van der Waals surface area contributed by atoms with Crippen molar-refractivity contribution in [3.05, 3.63) is 11.4 Å². The third-order valence-electron chi connectivity index (χ3n) is 5.30. The Morgan fingerprint density at radius 3 is 2.07 bits per heavy atom. The first-order valence-electron chi connectivity index (χ1n) is 9.96. The van der Waals surface area contributed by atoms with Gasteiger partial charge in [-0.3, -0.25) is 14.4 Å². The molecule has 0 aromatic carbocycles. The minimum atomic E-state index is -0.488. The highest BCUT2D eigenvalue weighted by Gasteiger charge is 2.27. The Kier molecular flexibility index (Phi) is 9.00. The maximum absolute atomic E-state index is 12.6. The maximum atomic E-state index is 12.6. The number of nitrogens with zero attached hydrogens (tertiary/aromatic N) is 2. The van der Waals surface area contributed by atoms with Crippen LogP contribution >= 0.6 is 0 Å². The number of amides is 1. The fourth-order valence-corrected chi connectivity index (χ4v) is 2.68. The average Bonchev–Trinajstić information content (AvgIpc) is 2.67. The number of hydrogen-bond donors (Lipinski definition) is 3. The second kappa shape index (κ2) is 10.7. The fraction of sp³-hybridized carbons (Fsp3) is 0.650. The van der Waals surface area contributed by atoms with Crippen molar-refractivity contribution in [3.63, 3.8) is 0 Å². The van der Waals surface area contributed by atoms with Gasteiger partial charge < -0.3 is 21.5 Å². The van der Waals surface area contributed by atoms with Gasteiger partial charge in [0.25, 0.3) is 5.91 Å². The minimum absolute atomic E-state index is 0.0227. The van der Waals surface area contributed by atoms with E-state index >= 15 is 0 Å². The van der Waals surface area contributed by atoms with Crippen molar-refractivity contribution in [1.29, 1.82) is 0 Å². The van der Waals surface area contributed by atoms with Gasteiger partial charge in [0.05, 0.1) is 12.5 Å². The van der Waals surface area contributed by atoms with Gasteiger partial charge in [-0.2, -0.15) is 0 Å². The zero-order valence-corrected chi connectivity index (χ0v) is 18.1. The second-order valence-corrected chi connectivity index (χ2v) is 7.48. The molecule has 5 N–H and O–H groups in total. The Bertz CT molecular complexity index is 753. The largest absolute Gasteiger partial charge is 0.466 e. The predicted octanol–water partition coefficient (Wildman–Crippen LogP) is 2.21. The van der Waals surface area contributed by atoms with Crippen LogP contribution in [-0.4, -0.2) is 40.3 Å². The van der Waals surface area contributed by atoms with Crippen LogP contribution in [0, 0.1) is 17.8 Å². The van der Waals surface area contributed by atoms with E-state index in [1.807, 2.05) is 20.8 Å². The molecule has 4 atom stereocenters. The number of carbonyl (C=O) groups excluding carboxylic acids is 3. The first-order valence-corrected chi connectivity index (χ1v) is 9.96. The van der Waals surface area contributed by atoms with E-state index in [1.54, 1.807) is 20.8 Å². The van der Waals surface area contributed by atoms with E-state index in [0.29, 0.717) is 0 Å². The standard InChI is InChI=1S/C20H33N5O4/c1-7-10(3)13(6)23-19(27)16-18(22)24-15(17(21)25-16)14(26)9-11(4)12(5)20(28)29-8-2/h10-13H,7-9H2,1-6H3,(H2,21,25)(H2,22,24)(H,23,27). The third-order valence-corrected chi connectivity index (χ3v) is 5.30. The SMILES string of the molecule is CCOC(=O)C(C)C(C)CC(=O)c1nc(N)c(C(=O)NC(C)C(C)CC)nc1N. The van der Waals surface area contributed by atoms with Gasteiger partial charge in [0.1, 0.15) is 0 Å². The molecule has 0 aliphatic carbocycles. The molecule has 162 valence electrons. The van der Waals surface area contributed by atoms with Crippen LogP contribution in [0.4, 0.5) is 11.6 Å². The fourth-order valence-electron chi connectivity index (χ4n) is 2.68. The number of ketones is 1. The quantitative estimate of drug-likeness (QED) is 0.394. The summed E-state index contributed by atoms with van der Waals surface area (Å²) in [7, 11) is 0. The summed E-state index contributed by atoms with van der Waals surface area (Å²) in [6.45, 7) is 11.4. The average molecular weight is 408 g/mol. The number of nitrogens with two attached hydrogens (primary N) is 2. The van der Waals surface area contributed by atoms with Gasteiger partial charge in [-0.05, 0) is 25.7 Å². The maximum Gasteiger partial charge on any atom is 0.308 e. The number of esters is 1. The summed E-state index contributed by atoms with van der Waals surface area (Å²) in [4.78, 5) is 44.9. The molecule has 1 rings (SSSR count). The summed E-state index contributed by atoms with van der Waals surface area (Å²) in [6.07, 6.45) is 0.926. The molecule has 0 saturated carbocycles. The molecule has 0 fully saturated rings. The van der Waals surface area contributed by atoms with Gasteiger partial charge in [-0.1, -0.05) is 34.1 Å². The van der Waals surface area contributed by atoms with Crippen LogP contribution in [0.5, 0.6) is 0 Å². The molecule has 0 aliphatic rings. The first-order chi connectivity index (χ1) is 13.5. The van der Waals surface area contributed by atoms with Crippen molar-refractivity contribution >= 4 is 29.3 Å². The Morgan fingerprint density at radius 1 is 0.966 bits per heavy atom. The van der Waals surface area contributed by atoms with Crippen molar-refractivity contribution in [2.75, 3.05) is 18.1 Å². The summed E-state index contributed by atoms with van der Waals surface area (Å²) < 4.78 is 4.99. The van der Waals surface area contributed by atoms with Crippen LogP contribution in [0.1, 0.15) is 75.4 Å². The molecule has 0 aliphatic heterocycles. The number of nitrogens with one attached hydrogen (secondary N) is 1. The molecule has 4 unspecified atom stereocenters. The summed E-state index contributed by atoms with van der Waals surface area (Å²) in [6, 6.07) is -0.0820. The van der Waals surface area contributed by atoms with Gasteiger partial charge in [-0.25, -0.2) is 9.97 Å². The third kappa shape index (κ3) is 6.40. The number of ether oxygens (including phenoxy) is 1. The van der Waals surface area contributed by atoms with Crippen molar-refractivity contribution in [2.24, 2.45) is 17.8 Å². The molecule has 1 heterocycles. The lowest BCUT2D eigenvalue weighted by Crippen LogP contribution is -2.38. The van der Waals surface area contributed by atoms with Crippen LogP contribution in [0.25, 0.3) is 0 Å². The topological polar surface area (TPSA) is 150 Å². The van der Waals surface area contributed by atoms with E-state index in [9.17, 15) is 14.4 Å². The number of Topliss-reactive ketones (excluding diaryl/α,β-unsaturated/α-hetero) is 1. The first kappa shape index (κ1) is 24.3. The molecule has 0 bridgehead atoms. The van der Waals surface area contributed by atoms with E-state index < -0.39 is 17.6 Å². The van der Waals surface area contributed by atoms with Gasteiger partial charge in [0.15, 0.2) is 28.8 Å². The molecular formula is C20H33N5O4. The molecule has 0 saturated heterocycles. The molecule has 29 heavy (non-hydrogen) atoms. The molecule has 0 spiro atoms. The zero-order chi connectivity index (χ0) is 22.3. The van der Waals surface area contributed by atoms with Crippen LogP contribution in [0.3, 0.4) is 0 Å². The Morgan fingerprint density at radius 2 is 1.52 bits per heavy atom. The lowest BCUT2D eigenvalue weighted by Gasteiger charge is -2.20. The number of hydrogen-bond acceptors (Lipinski definition) is 8. The Labute approximate surface area is 172 Å². The molecule has 1 amide bonds. The van der Waals surface area contributed by atoms with Crippen LogP contribution in [0.15, 0.2) is 0 Å². The predicted molar refractivity (Wildman–Crippen MR) is 111 cm³/mol. The summed E-state index contributed by atoms with van der Waals surface area (Å²) >= 11 is 0. The summed E-state index contributed by atoms with van der Waals surface area (Å²) in [5.74, 6) is -2.06. The van der Waals surface area contributed by atoms with E-state index in [0.717, 1.165) is 6.42 Å². The number of anilines is 2. The lowest BCUT2D eigenvalue weighted by atomic mass is 9.90. The number of aromatic nitrogens is 2. The van der Waals surface area contributed by atoms with E-state index in [-0.39, 0.29) is 59.9 Å². The number of nitrogen functional groups attached to an aromatic ring is 2. The van der Waals surface area contributed by atoms with Crippen molar-refractivity contribution < 1.29 is 19.1 Å². The van der Waals surface area contributed by atoms with Gasteiger partial charge in [0.2, 0.25) is 0 Å². The molecular weight excluding hydrogens is 374 g/mol. The van der Waals surface area contributed by atoms with Crippen molar-refractivity contribution in [2.45, 2.75) is 60.4 Å². The molecule has 9 nitrogen and oxygen atoms in total. The van der Waals surface area contributed by atoms with E-state index in [4.69, 9.17) is 16.2 Å². The van der Waals surface area contributed by atoms with Crippen molar-refractivity contribution in [3.8, 4) is 0 Å². The molecule has 1 aromatic heterocycles. The molecule has 0 radical (unpaired) electrons. The van der Waals surface area contributed by atoms with Crippen molar-refractivity contribution in [1.82, 2.24) is 15.3 Å². The molecule has 9 heteroatoms. The molecule has 1 aromatic rings. The summed E-state index contributed by atoms with van der Waals surface area (Å²) in [5.41, 5.74) is 11.5. The zero-order valence-electron chi connectivity index (χ0n) is 18.1. The Hall–Kier alpha value is -2.71. The van der Waals surface area contributed by atoms with Gasteiger partial charge >= 0.3 is 5.97 Å². The number of carbonyl (C=O) groups is 3. The highest BCUT2D eigenvalue weighted by atomic mass is 16.5. The van der Waals surface area contributed by atoms with E-state index in [1.165, 1.54) is 0 Å². The smallest absolute Gasteiger partial charge is 0.308 e. The number of rotatable bonds is 10. The lowest BCUT2D eigenvalue weighted by molar-refractivity contribution is -0.149. The highest BCUT2D eigenvalue weighted by molar-refractivity contribution is 6.02. The normalized spacial score (nSPS) is 15.1. The van der Waals surface area contributed by atoms with Crippen LogP contribution in [-0.2, 0) is 9.53 Å². The van der Waals surface area contributed by atoms with Gasteiger partial charge in [-0.15, -0.1) is 0 Å². The van der Waals surface area contributed by atoms with Crippen LogP contribution < -0.4 is 16.8 Å². The van der Waals surface area contributed by atoms with E-state index in [2.05, 4.69) is 15.3 Å². The Balaban J connectivity index is 2.95. The van der Waals surface area contributed by atoms with Gasteiger partial charge in [0, 0.05) is 12.5 Å². The minimum Gasteiger partial charge on any atom is -0.466 e. The summed E-state index contributed by atoms with van der Waals surface area (Å²) in [5, 5.41) is 2.82. The second-order valence-electron chi connectivity index (χ2n) is 7.48. The highest BCUT2D eigenvalue weighted by Crippen LogP contribution is 2.22. The van der Waals surface area contributed by atoms with Crippen LogP contribution in [0.2, 0.25) is 0 Å². The monoisotopic (exact) mass is 407 g/mol.